The summed E-state index contributed by atoms with van der Waals surface area (Å²) in [5.74, 6) is -0.105. The highest BCUT2D eigenvalue weighted by molar-refractivity contribution is 5.92. The van der Waals surface area contributed by atoms with Crippen LogP contribution in [0.1, 0.15) is 35.2 Å². The zero-order valence-electron chi connectivity index (χ0n) is 15.0. The second-order valence-corrected chi connectivity index (χ2v) is 6.81. The molecule has 1 saturated heterocycles. The molecule has 3 aromatic heterocycles. The standard InChI is InChI=1S/C19H22N6O/c1-3-15-18-8-13(10-25(18)9-12(2)21-15)16-4-5-17(23-22-16)19(26)24-7-6-14(20)11-24/h4-5,8-10,14H,3,6-7,11,20H2,1-2H3. The van der Waals surface area contributed by atoms with Gasteiger partial charge in [-0.25, -0.2) is 0 Å². The van der Waals surface area contributed by atoms with Gasteiger partial charge in [-0.15, -0.1) is 10.2 Å². The Hall–Kier alpha value is -2.80. The Morgan fingerprint density at radius 3 is 2.81 bits per heavy atom. The summed E-state index contributed by atoms with van der Waals surface area (Å²) in [6, 6.07) is 5.71. The van der Waals surface area contributed by atoms with Crippen molar-refractivity contribution in [1.82, 2.24) is 24.5 Å². The number of aryl methyl sites for hydroxylation is 2. The van der Waals surface area contributed by atoms with E-state index in [0.717, 1.165) is 41.0 Å². The molecule has 1 amide bonds. The van der Waals surface area contributed by atoms with Gasteiger partial charge in [0.2, 0.25) is 0 Å². The van der Waals surface area contributed by atoms with E-state index in [2.05, 4.69) is 32.6 Å². The van der Waals surface area contributed by atoms with Crippen LogP contribution in [0.3, 0.4) is 0 Å². The number of rotatable bonds is 3. The van der Waals surface area contributed by atoms with E-state index in [-0.39, 0.29) is 11.9 Å². The number of amides is 1. The molecule has 4 rings (SSSR count). The van der Waals surface area contributed by atoms with Crippen LogP contribution in [0.2, 0.25) is 0 Å². The minimum absolute atomic E-state index is 0.0600. The van der Waals surface area contributed by atoms with E-state index < -0.39 is 0 Å². The van der Waals surface area contributed by atoms with E-state index in [4.69, 9.17) is 5.73 Å². The maximum atomic E-state index is 12.5. The number of nitrogens with zero attached hydrogens (tertiary/aromatic N) is 5. The van der Waals surface area contributed by atoms with Gasteiger partial charge in [-0.3, -0.25) is 9.78 Å². The van der Waals surface area contributed by atoms with E-state index in [1.165, 1.54) is 0 Å². The fraction of sp³-hybridized carbons (Fsp3) is 0.368. The van der Waals surface area contributed by atoms with E-state index in [1.54, 1.807) is 11.0 Å². The third kappa shape index (κ3) is 2.94. The maximum Gasteiger partial charge on any atom is 0.274 e. The molecule has 1 unspecified atom stereocenters. The lowest BCUT2D eigenvalue weighted by molar-refractivity contribution is 0.0784. The number of hydrogen-bond acceptors (Lipinski definition) is 5. The first-order chi connectivity index (χ1) is 12.5. The molecule has 26 heavy (non-hydrogen) atoms. The van der Waals surface area contributed by atoms with Crippen LogP contribution >= 0.6 is 0 Å². The lowest BCUT2D eigenvalue weighted by Crippen LogP contribution is -2.32. The number of nitrogens with two attached hydrogens (primary N) is 1. The molecule has 1 aliphatic heterocycles. The summed E-state index contributed by atoms with van der Waals surface area (Å²) in [5.41, 5.74) is 11.0. The summed E-state index contributed by atoms with van der Waals surface area (Å²) in [6.07, 6.45) is 5.72. The molecule has 134 valence electrons. The highest BCUT2D eigenvalue weighted by atomic mass is 16.2. The molecular weight excluding hydrogens is 328 g/mol. The summed E-state index contributed by atoms with van der Waals surface area (Å²) < 4.78 is 2.07. The Kier molecular flexibility index (Phi) is 4.16. The first kappa shape index (κ1) is 16.7. The van der Waals surface area contributed by atoms with Crippen LogP contribution in [0.15, 0.2) is 30.6 Å². The molecule has 4 heterocycles. The number of fused-ring (bicyclic) bond motifs is 1. The molecule has 0 aromatic carbocycles. The average Bonchev–Trinajstić information content (AvgIpc) is 3.26. The van der Waals surface area contributed by atoms with Gasteiger partial charge < -0.3 is 15.0 Å². The fourth-order valence-corrected chi connectivity index (χ4v) is 3.45. The van der Waals surface area contributed by atoms with E-state index in [0.29, 0.717) is 18.8 Å². The van der Waals surface area contributed by atoms with Crippen LogP contribution in [0.25, 0.3) is 16.8 Å². The Labute approximate surface area is 151 Å². The SMILES string of the molecule is CCc1nc(C)cn2cc(-c3ccc(C(=O)N4CCC(N)C4)nn3)cc12. The maximum absolute atomic E-state index is 12.5. The van der Waals surface area contributed by atoms with Crippen LogP contribution in [-0.2, 0) is 6.42 Å². The van der Waals surface area contributed by atoms with Crippen molar-refractivity contribution in [3.63, 3.8) is 0 Å². The van der Waals surface area contributed by atoms with Crippen LogP contribution in [0, 0.1) is 6.92 Å². The van der Waals surface area contributed by atoms with Gasteiger partial charge in [0, 0.05) is 37.1 Å². The molecule has 0 spiro atoms. The topological polar surface area (TPSA) is 89.4 Å². The molecule has 0 saturated carbocycles. The Bertz CT molecular complexity index is 962. The Morgan fingerprint density at radius 1 is 1.31 bits per heavy atom. The summed E-state index contributed by atoms with van der Waals surface area (Å²) >= 11 is 0. The van der Waals surface area contributed by atoms with Crippen molar-refractivity contribution >= 4 is 11.4 Å². The molecule has 7 heteroatoms. The molecule has 0 bridgehead atoms. The van der Waals surface area contributed by atoms with E-state index in [1.807, 2.05) is 25.4 Å². The molecule has 7 nitrogen and oxygen atoms in total. The molecule has 0 aliphatic carbocycles. The van der Waals surface area contributed by atoms with Crippen molar-refractivity contribution in [2.75, 3.05) is 13.1 Å². The first-order valence-corrected chi connectivity index (χ1v) is 8.92. The zero-order chi connectivity index (χ0) is 18.3. The Morgan fingerprint density at radius 2 is 2.15 bits per heavy atom. The number of hydrogen-bond donors (Lipinski definition) is 1. The summed E-state index contributed by atoms with van der Waals surface area (Å²) in [4.78, 5) is 18.8. The Balaban J connectivity index is 1.63. The van der Waals surface area contributed by atoms with Crippen molar-refractivity contribution in [2.45, 2.75) is 32.7 Å². The zero-order valence-corrected chi connectivity index (χ0v) is 15.0. The highest BCUT2D eigenvalue weighted by Gasteiger charge is 2.25. The number of carbonyl (C=O) groups excluding carboxylic acids is 1. The average molecular weight is 350 g/mol. The summed E-state index contributed by atoms with van der Waals surface area (Å²) in [5, 5.41) is 8.42. The minimum Gasteiger partial charge on any atom is -0.336 e. The minimum atomic E-state index is -0.105. The lowest BCUT2D eigenvalue weighted by Gasteiger charge is -2.14. The summed E-state index contributed by atoms with van der Waals surface area (Å²) in [7, 11) is 0. The van der Waals surface area contributed by atoms with Gasteiger partial charge in [0.1, 0.15) is 0 Å². The van der Waals surface area contributed by atoms with Gasteiger partial charge in [-0.05, 0) is 38.0 Å². The second-order valence-electron chi connectivity index (χ2n) is 6.81. The quantitative estimate of drug-likeness (QED) is 0.778. The smallest absolute Gasteiger partial charge is 0.274 e. The predicted octanol–water partition coefficient (Wildman–Crippen LogP) is 1.84. The van der Waals surface area contributed by atoms with Gasteiger partial charge in [0.05, 0.1) is 22.6 Å². The summed E-state index contributed by atoms with van der Waals surface area (Å²) in [6.45, 7) is 5.35. The van der Waals surface area contributed by atoms with Gasteiger partial charge >= 0.3 is 0 Å². The van der Waals surface area contributed by atoms with Crippen molar-refractivity contribution in [3.8, 4) is 11.3 Å². The van der Waals surface area contributed by atoms with Crippen LogP contribution in [-0.4, -0.2) is 49.5 Å². The van der Waals surface area contributed by atoms with Crippen molar-refractivity contribution in [2.24, 2.45) is 5.73 Å². The van der Waals surface area contributed by atoms with Crippen molar-refractivity contribution in [3.05, 3.63) is 47.7 Å². The number of likely N-dealkylation sites (tertiary alicyclic amines) is 1. The van der Waals surface area contributed by atoms with Crippen LogP contribution in [0.4, 0.5) is 0 Å². The third-order valence-corrected chi connectivity index (χ3v) is 4.81. The predicted molar refractivity (Wildman–Crippen MR) is 98.8 cm³/mol. The molecule has 0 radical (unpaired) electrons. The number of aromatic nitrogens is 4. The lowest BCUT2D eigenvalue weighted by atomic mass is 10.2. The molecular formula is C19H22N6O. The molecule has 1 atom stereocenters. The molecule has 1 fully saturated rings. The monoisotopic (exact) mass is 350 g/mol. The third-order valence-electron chi connectivity index (χ3n) is 4.81. The number of carbonyl (C=O) groups is 1. The largest absolute Gasteiger partial charge is 0.336 e. The van der Waals surface area contributed by atoms with Gasteiger partial charge in [0.15, 0.2) is 5.69 Å². The van der Waals surface area contributed by atoms with Crippen LogP contribution < -0.4 is 5.73 Å². The van der Waals surface area contributed by atoms with Crippen molar-refractivity contribution in [1.29, 1.82) is 0 Å². The van der Waals surface area contributed by atoms with E-state index in [9.17, 15) is 4.79 Å². The highest BCUT2D eigenvalue weighted by Crippen LogP contribution is 2.23. The normalized spacial score (nSPS) is 17.2. The first-order valence-electron chi connectivity index (χ1n) is 8.92. The van der Waals surface area contributed by atoms with Gasteiger partial charge in [-0.1, -0.05) is 6.92 Å². The van der Waals surface area contributed by atoms with Crippen LogP contribution in [0.5, 0.6) is 0 Å². The van der Waals surface area contributed by atoms with Crippen molar-refractivity contribution < 1.29 is 4.79 Å². The van der Waals surface area contributed by atoms with E-state index >= 15 is 0 Å². The molecule has 2 N–H and O–H groups in total. The van der Waals surface area contributed by atoms with Gasteiger partial charge in [-0.2, -0.15) is 0 Å². The fourth-order valence-electron chi connectivity index (χ4n) is 3.45. The molecule has 1 aliphatic rings. The van der Waals surface area contributed by atoms with Gasteiger partial charge in [0.25, 0.3) is 5.91 Å². The molecule has 3 aromatic rings. The second kappa shape index (κ2) is 6.49.